The summed E-state index contributed by atoms with van der Waals surface area (Å²) in [4.78, 5) is 5.60. The lowest BCUT2D eigenvalue weighted by atomic mass is 10.1. The Morgan fingerprint density at radius 3 is 2.88 bits per heavy atom. The Morgan fingerprint density at radius 2 is 2.18 bits per heavy atom. The first-order valence-electron chi connectivity index (χ1n) is 6.82. The Bertz CT molecular complexity index is 335. The van der Waals surface area contributed by atoms with E-state index in [2.05, 4.69) is 36.2 Å². The quantitative estimate of drug-likeness (QED) is 0.837. The van der Waals surface area contributed by atoms with Crippen molar-refractivity contribution in [2.24, 2.45) is 5.92 Å². The summed E-state index contributed by atoms with van der Waals surface area (Å²) in [5, 5.41) is 3.38. The smallest absolute Gasteiger partial charge is 0.0328 e. The Balaban J connectivity index is 1.80. The minimum absolute atomic E-state index is 0.941. The first-order chi connectivity index (χ1) is 8.31. The molecule has 1 aromatic heterocycles. The molecule has 1 fully saturated rings. The molecule has 0 aliphatic carbocycles. The van der Waals surface area contributed by atoms with Gasteiger partial charge < -0.3 is 5.32 Å². The minimum atomic E-state index is 0.941. The van der Waals surface area contributed by atoms with Crippen LogP contribution in [0.25, 0.3) is 0 Å². The SMILES string of the molecule is CCNCc1ccc(CN2CCC(CC)C2)s1. The molecule has 0 amide bonds. The standard InChI is InChI=1S/C14H24N2S/c1-3-12-7-8-16(10-12)11-14-6-5-13(17-14)9-15-4-2/h5-6,12,15H,3-4,7-11H2,1-2H3. The van der Waals surface area contributed by atoms with E-state index in [-0.39, 0.29) is 0 Å². The lowest BCUT2D eigenvalue weighted by Gasteiger charge is -2.14. The van der Waals surface area contributed by atoms with Crippen LogP contribution in [-0.2, 0) is 13.1 Å². The van der Waals surface area contributed by atoms with Crippen LogP contribution in [0.2, 0.25) is 0 Å². The highest BCUT2D eigenvalue weighted by atomic mass is 32.1. The van der Waals surface area contributed by atoms with E-state index in [1.54, 1.807) is 0 Å². The van der Waals surface area contributed by atoms with Crippen LogP contribution in [0.3, 0.4) is 0 Å². The second-order valence-electron chi connectivity index (χ2n) is 4.95. The molecule has 1 aromatic rings. The van der Waals surface area contributed by atoms with Crippen LogP contribution in [0.15, 0.2) is 12.1 Å². The third-order valence-corrected chi connectivity index (χ3v) is 4.66. The zero-order valence-electron chi connectivity index (χ0n) is 11.0. The van der Waals surface area contributed by atoms with E-state index in [1.807, 2.05) is 11.3 Å². The first-order valence-corrected chi connectivity index (χ1v) is 7.64. The fourth-order valence-electron chi connectivity index (χ4n) is 2.46. The number of rotatable bonds is 6. The van der Waals surface area contributed by atoms with Crippen molar-refractivity contribution in [3.05, 3.63) is 21.9 Å². The average molecular weight is 252 g/mol. The summed E-state index contributed by atoms with van der Waals surface area (Å²) in [5.74, 6) is 0.941. The number of hydrogen-bond donors (Lipinski definition) is 1. The Morgan fingerprint density at radius 1 is 1.35 bits per heavy atom. The van der Waals surface area contributed by atoms with Crippen molar-refractivity contribution in [3.8, 4) is 0 Å². The van der Waals surface area contributed by atoms with Crippen LogP contribution in [0.5, 0.6) is 0 Å². The zero-order valence-corrected chi connectivity index (χ0v) is 11.9. The Hall–Kier alpha value is -0.380. The van der Waals surface area contributed by atoms with Gasteiger partial charge in [0, 0.05) is 29.4 Å². The molecule has 1 aliphatic rings. The molecule has 1 aliphatic heterocycles. The molecule has 0 spiro atoms. The predicted molar refractivity (Wildman–Crippen MR) is 75.4 cm³/mol. The lowest BCUT2D eigenvalue weighted by molar-refractivity contribution is 0.318. The van der Waals surface area contributed by atoms with E-state index in [1.165, 1.54) is 35.7 Å². The van der Waals surface area contributed by atoms with Gasteiger partial charge >= 0.3 is 0 Å². The van der Waals surface area contributed by atoms with Crippen molar-refractivity contribution in [1.29, 1.82) is 0 Å². The first kappa shape index (κ1) is 13.1. The fraction of sp³-hybridized carbons (Fsp3) is 0.714. The molecule has 1 N–H and O–H groups in total. The van der Waals surface area contributed by atoms with Crippen molar-refractivity contribution in [2.45, 2.75) is 39.8 Å². The molecule has 1 unspecified atom stereocenters. The molecule has 2 nitrogen and oxygen atoms in total. The van der Waals surface area contributed by atoms with Gasteiger partial charge in [-0.2, -0.15) is 0 Å². The normalized spacial score (nSPS) is 21.2. The molecule has 3 heteroatoms. The van der Waals surface area contributed by atoms with Gasteiger partial charge in [-0.05, 0) is 37.6 Å². The highest BCUT2D eigenvalue weighted by Gasteiger charge is 2.20. The number of nitrogens with one attached hydrogen (secondary N) is 1. The molecule has 0 aromatic carbocycles. The maximum absolute atomic E-state index is 3.38. The second-order valence-corrected chi connectivity index (χ2v) is 6.20. The Labute approximate surface area is 109 Å². The summed E-state index contributed by atoms with van der Waals surface area (Å²) in [7, 11) is 0. The summed E-state index contributed by atoms with van der Waals surface area (Å²) < 4.78 is 0. The van der Waals surface area contributed by atoms with Gasteiger partial charge in [0.2, 0.25) is 0 Å². The van der Waals surface area contributed by atoms with Crippen LogP contribution in [-0.4, -0.2) is 24.5 Å². The molecule has 0 bridgehead atoms. The van der Waals surface area contributed by atoms with E-state index >= 15 is 0 Å². The van der Waals surface area contributed by atoms with Crippen molar-refractivity contribution in [1.82, 2.24) is 10.2 Å². The summed E-state index contributed by atoms with van der Waals surface area (Å²) in [6, 6.07) is 4.58. The third-order valence-electron chi connectivity index (χ3n) is 3.59. The summed E-state index contributed by atoms with van der Waals surface area (Å²) in [6.45, 7) is 10.3. The van der Waals surface area contributed by atoms with Crippen LogP contribution in [0.4, 0.5) is 0 Å². The maximum atomic E-state index is 3.38. The molecule has 2 heterocycles. The molecule has 0 saturated carbocycles. The van der Waals surface area contributed by atoms with Crippen molar-refractivity contribution in [2.75, 3.05) is 19.6 Å². The largest absolute Gasteiger partial charge is 0.312 e. The van der Waals surface area contributed by atoms with E-state index < -0.39 is 0 Å². The highest BCUT2D eigenvalue weighted by molar-refractivity contribution is 7.11. The monoisotopic (exact) mass is 252 g/mol. The van der Waals surface area contributed by atoms with Crippen LogP contribution in [0, 0.1) is 5.92 Å². The number of thiophene rings is 1. The molecule has 0 radical (unpaired) electrons. The van der Waals surface area contributed by atoms with E-state index in [4.69, 9.17) is 0 Å². The van der Waals surface area contributed by atoms with E-state index in [0.29, 0.717) is 0 Å². The summed E-state index contributed by atoms with van der Waals surface area (Å²) in [6.07, 6.45) is 2.73. The van der Waals surface area contributed by atoms with Crippen molar-refractivity contribution >= 4 is 11.3 Å². The van der Waals surface area contributed by atoms with Gasteiger partial charge in [-0.15, -0.1) is 11.3 Å². The Kier molecular flexibility index (Phi) is 5.01. The maximum Gasteiger partial charge on any atom is 0.0328 e. The van der Waals surface area contributed by atoms with E-state index in [0.717, 1.165) is 25.6 Å². The zero-order chi connectivity index (χ0) is 12.1. The van der Waals surface area contributed by atoms with Crippen LogP contribution >= 0.6 is 11.3 Å². The van der Waals surface area contributed by atoms with Crippen LogP contribution < -0.4 is 5.32 Å². The average Bonchev–Trinajstić information content (AvgIpc) is 2.96. The van der Waals surface area contributed by atoms with Gasteiger partial charge in [-0.25, -0.2) is 0 Å². The third kappa shape index (κ3) is 3.80. The summed E-state index contributed by atoms with van der Waals surface area (Å²) in [5.41, 5.74) is 0. The molecular formula is C14H24N2S. The predicted octanol–water partition coefficient (Wildman–Crippen LogP) is 3.09. The van der Waals surface area contributed by atoms with Gasteiger partial charge in [0.1, 0.15) is 0 Å². The molecule has 1 saturated heterocycles. The van der Waals surface area contributed by atoms with Crippen molar-refractivity contribution < 1.29 is 0 Å². The minimum Gasteiger partial charge on any atom is -0.312 e. The molecule has 1 atom stereocenters. The molecule has 96 valence electrons. The number of nitrogens with zero attached hydrogens (tertiary/aromatic N) is 1. The topological polar surface area (TPSA) is 15.3 Å². The van der Waals surface area contributed by atoms with Crippen molar-refractivity contribution in [3.63, 3.8) is 0 Å². The molecule has 17 heavy (non-hydrogen) atoms. The molecular weight excluding hydrogens is 228 g/mol. The lowest BCUT2D eigenvalue weighted by Crippen LogP contribution is -2.19. The molecule has 2 rings (SSSR count). The van der Waals surface area contributed by atoms with Gasteiger partial charge in [0.25, 0.3) is 0 Å². The van der Waals surface area contributed by atoms with Gasteiger partial charge in [-0.1, -0.05) is 20.3 Å². The van der Waals surface area contributed by atoms with E-state index in [9.17, 15) is 0 Å². The highest BCUT2D eigenvalue weighted by Crippen LogP contribution is 2.24. The van der Waals surface area contributed by atoms with Gasteiger partial charge in [-0.3, -0.25) is 4.90 Å². The number of hydrogen-bond acceptors (Lipinski definition) is 3. The number of likely N-dealkylation sites (tertiary alicyclic amines) is 1. The fourth-order valence-corrected chi connectivity index (χ4v) is 3.49. The van der Waals surface area contributed by atoms with Gasteiger partial charge in [0.15, 0.2) is 0 Å². The second kappa shape index (κ2) is 6.53. The van der Waals surface area contributed by atoms with Crippen LogP contribution in [0.1, 0.15) is 36.4 Å². The summed E-state index contributed by atoms with van der Waals surface area (Å²) >= 11 is 1.96. The van der Waals surface area contributed by atoms with Gasteiger partial charge in [0.05, 0.1) is 0 Å².